The maximum Gasteiger partial charge on any atom is 0.294 e. The molecule has 1 unspecified atom stereocenters. The number of amides is 2. The summed E-state index contributed by atoms with van der Waals surface area (Å²) in [6.07, 6.45) is 0. The number of rotatable bonds is 4. The SMILES string of the molecule is Br.Cc1ccc(N2C(=O)SC(SC(=Nc3ccccc3)Nc3ccccc3)C2=O)cc1. The predicted molar refractivity (Wildman–Crippen MR) is 137 cm³/mol. The molecule has 31 heavy (non-hydrogen) atoms. The first-order valence-electron chi connectivity index (χ1n) is 9.34. The second kappa shape index (κ2) is 10.7. The topological polar surface area (TPSA) is 61.8 Å². The highest BCUT2D eigenvalue weighted by Gasteiger charge is 2.42. The average molecular weight is 514 g/mol. The van der Waals surface area contributed by atoms with E-state index in [1.807, 2.05) is 79.7 Å². The molecule has 1 aliphatic heterocycles. The molecule has 0 aliphatic carbocycles. The lowest BCUT2D eigenvalue weighted by molar-refractivity contribution is -0.115. The summed E-state index contributed by atoms with van der Waals surface area (Å²) in [7, 11) is 0. The minimum absolute atomic E-state index is 0. The maximum atomic E-state index is 13.0. The van der Waals surface area contributed by atoms with E-state index in [4.69, 9.17) is 0 Å². The number of thioether (sulfide) groups is 2. The van der Waals surface area contributed by atoms with Gasteiger partial charge in [0.05, 0.1) is 11.4 Å². The standard InChI is InChI=1S/C23H19N3O2S2.BrH/c1-16-12-14-19(15-13-16)26-20(27)21(30-23(26)28)29-22(24-17-8-4-2-5-9-17)25-18-10-6-3-7-11-18;/h2-15,21H,1H3,(H,24,25);1H. The number of nitrogens with zero attached hydrogens (tertiary/aromatic N) is 2. The van der Waals surface area contributed by atoms with Crippen molar-refractivity contribution >= 4 is 73.9 Å². The van der Waals surface area contributed by atoms with E-state index in [1.165, 1.54) is 16.7 Å². The first-order valence-corrected chi connectivity index (χ1v) is 11.1. The molecule has 0 aromatic heterocycles. The van der Waals surface area contributed by atoms with Crippen LogP contribution in [-0.4, -0.2) is 20.9 Å². The molecule has 8 heteroatoms. The highest BCUT2D eigenvalue weighted by atomic mass is 79.9. The number of hydrogen-bond acceptors (Lipinski definition) is 5. The van der Waals surface area contributed by atoms with Gasteiger partial charge in [-0.25, -0.2) is 9.89 Å². The fourth-order valence-corrected chi connectivity index (χ4v) is 4.99. The third-order valence-electron chi connectivity index (χ3n) is 4.34. The molecule has 0 radical (unpaired) electrons. The van der Waals surface area contributed by atoms with Crippen molar-refractivity contribution in [2.75, 3.05) is 10.2 Å². The number of anilines is 2. The molecule has 0 spiro atoms. The molecule has 1 fully saturated rings. The molecule has 158 valence electrons. The van der Waals surface area contributed by atoms with Gasteiger partial charge in [-0.1, -0.05) is 65.9 Å². The van der Waals surface area contributed by atoms with Crippen LogP contribution in [0.1, 0.15) is 5.56 Å². The summed E-state index contributed by atoms with van der Waals surface area (Å²) in [5.74, 6) is -0.255. The van der Waals surface area contributed by atoms with E-state index in [2.05, 4.69) is 10.3 Å². The van der Waals surface area contributed by atoms with Gasteiger partial charge in [-0.15, -0.1) is 17.0 Å². The van der Waals surface area contributed by atoms with Gasteiger partial charge in [0.1, 0.15) is 4.58 Å². The fraction of sp³-hybridized carbons (Fsp3) is 0.0870. The van der Waals surface area contributed by atoms with Crippen molar-refractivity contribution < 1.29 is 9.59 Å². The summed E-state index contributed by atoms with van der Waals surface area (Å²) in [5, 5.41) is 3.54. The first kappa shape index (κ1) is 23.1. The number of amidine groups is 1. The molecule has 2 amide bonds. The van der Waals surface area contributed by atoms with Gasteiger partial charge in [-0.3, -0.25) is 9.59 Å². The molecule has 1 N–H and O–H groups in total. The van der Waals surface area contributed by atoms with E-state index in [0.29, 0.717) is 10.9 Å². The zero-order chi connectivity index (χ0) is 20.9. The van der Waals surface area contributed by atoms with Crippen LogP contribution in [0, 0.1) is 6.92 Å². The number of halogens is 1. The maximum absolute atomic E-state index is 13.0. The van der Waals surface area contributed by atoms with E-state index < -0.39 is 4.58 Å². The monoisotopic (exact) mass is 513 g/mol. The molecule has 0 bridgehead atoms. The molecule has 1 aliphatic rings. The molecular weight excluding hydrogens is 494 g/mol. The van der Waals surface area contributed by atoms with Crippen molar-refractivity contribution in [1.82, 2.24) is 0 Å². The molecule has 0 saturated carbocycles. The van der Waals surface area contributed by atoms with Crippen molar-refractivity contribution in [3.05, 3.63) is 90.5 Å². The highest BCUT2D eigenvalue weighted by Crippen LogP contribution is 2.38. The number of hydrogen-bond donors (Lipinski definition) is 1. The quantitative estimate of drug-likeness (QED) is 0.313. The van der Waals surface area contributed by atoms with E-state index in [-0.39, 0.29) is 28.1 Å². The van der Waals surface area contributed by atoms with Crippen LogP contribution in [0.15, 0.2) is 89.9 Å². The van der Waals surface area contributed by atoms with Crippen LogP contribution in [0.5, 0.6) is 0 Å². The second-order valence-electron chi connectivity index (χ2n) is 6.59. The van der Waals surface area contributed by atoms with Gasteiger partial charge < -0.3 is 5.32 Å². The summed E-state index contributed by atoms with van der Waals surface area (Å²) in [4.78, 5) is 31.5. The van der Waals surface area contributed by atoms with Crippen LogP contribution in [0.25, 0.3) is 0 Å². The van der Waals surface area contributed by atoms with Crippen LogP contribution >= 0.6 is 40.5 Å². The number of imide groups is 1. The molecule has 1 atom stereocenters. The van der Waals surface area contributed by atoms with E-state index in [0.717, 1.165) is 28.7 Å². The minimum Gasteiger partial charge on any atom is -0.335 e. The molecule has 1 saturated heterocycles. The third-order valence-corrected chi connectivity index (χ3v) is 6.54. The molecule has 5 nitrogen and oxygen atoms in total. The van der Waals surface area contributed by atoms with Crippen LogP contribution in [0.3, 0.4) is 0 Å². The summed E-state index contributed by atoms with van der Waals surface area (Å²) >= 11 is 2.26. The summed E-state index contributed by atoms with van der Waals surface area (Å²) in [5.41, 5.74) is 3.28. The van der Waals surface area contributed by atoms with E-state index >= 15 is 0 Å². The Morgan fingerprint density at radius 3 is 2.19 bits per heavy atom. The summed E-state index contributed by atoms with van der Waals surface area (Å²) in [6, 6.07) is 26.5. The smallest absolute Gasteiger partial charge is 0.294 e. The normalized spacial score (nSPS) is 16.2. The fourth-order valence-electron chi connectivity index (χ4n) is 2.84. The average Bonchev–Trinajstić information content (AvgIpc) is 3.03. The Hall–Kier alpha value is -2.55. The largest absolute Gasteiger partial charge is 0.335 e. The summed E-state index contributed by atoms with van der Waals surface area (Å²) in [6.45, 7) is 1.96. The van der Waals surface area contributed by atoms with Gasteiger partial charge in [0.2, 0.25) is 0 Å². The number of aliphatic imine (C=N–C) groups is 1. The number of para-hydroxylation sites is 2. The van der Waals surface area contributed by atoms with Gasteiger partial charge in [0, 0.05) is 5.69 Å². The molecule has 1 heterocycles. The van der Waals surface area contributed by atoms with Crippen molar-refractivity contribution in [2.45, 2.75) is 11.5 Å². The van der Waals surface area contributed by atoms with E-state index in [1.54, 1.807) is 12.1 Å². The van der Waals surface area contributed by atoms with Crippen molar-refractivity contribution in [3.8, 4) is 0 Å². The second-order valence-corrected chi connectivity index (χ2v) is 9.03. The number of aryl methyl sites for hydroxylation is 1. The first-order chi connectivity index (χ1) is 14.6. The van der Waals surface area contributed by atoms with Crippen molar-refractivity contribution in [1.29, 1.82) is 0 Å². The molecule has 3 aromatic rings. The minimum atomic E-state index is -0.613. The van der Waals surface area contributed by atoms with Gasteiger partial charge in [-0.05, 0) is 55.1 Å². The predicted octanol–water partition coefficient (Wildman–Crippen LogP) is 6.63. The zero-order valence-electron chi connectivity index (χ0n) is 16.6. The van der Waals surface area contributed by atoms with Crippen LogP contribution in [0.2, 0.25) is 0 Å². The molecule has 3 aromatic carbocycles. The third kappa shape index (κ3) is 5.78. The van der Waals surface area contributed by atoms with Crippen LogP contribution in [0.4, 0.5) is 21.9 Å². The van der Waals surface area contributed by atoms with Crippen LogP contribution < -0.4 is 10.2 Å². The van der Waals surface area contributed by atoms with Crippen molar-refractivity contribution in [2.24, 2.45) is 4.99 Å². The number of benzene rings is 3. The lowest BCUT2D eigenvalue weighted by Crippen LogP contribution is -2.31. The lowest BCUT2D eigenvalue weighted by atomic mass is 10.2. The Balaban J connectivity index is 0.00000272. The Morgan fingerprint density at radius 1 is 0.935 bits per heavy atom. The Morgan fingerprint density at radius 2 is 1.55 bits per heavy atom. The molecule has 4 rings (SSSR count). The van der Waals surface area contributed by atoms with Gasteiger partial charge in [0.15, 0.2) is 5.17 Å². The van der Waals surface area contributed by atoms with Crippen molar-refractivity contribution in [3.63, 3.8) is 0 Å². The van der Waals surface area contributed by atoms with Gasteiger partial charge in [0.25, 0.3) is 11.1 Å². The number of nitrogens with one attached hydrogen (secondary N) is 1. The number of carbonyl (C=O) groups is 2. The number of carbonyl (C=O) groups excluding carboxylic acids is 2. The molecular formula is C23H20BrN3O2S2. The van der Waals surface area contributed by atoms with Crippen LogP contribution in [-0.2, 0) is 4.79 Å². The Labute approximate surface area is 200 Å². The Bertz CT molecular complexity index is 1080. The summed E-state index contributed by atoms with van der Waals surface area (Å²) < 4.78 is -0.613. The van der Waals surface area contributed by atoms with E-state index in [9.17, 15) is 9.59 Å². The highest BCUT2D eigenvalue weighted by molar-refractivity contribution is 8.93. The van der Waals surface area contributed by atoms with Gasteiger partial charge >= 0.3 is 0 Å². The Kier molecular flexibility index (Phi) is 7.95. The van der Waals surface area contributed by atoms with Gasteiger partial charge in [-0.2, -0.15) is 0 Å². The zero-order valence-corrected chi connectivity index (χ0v) is 19.9. The lowest BCUT2D eigenvalue weighted by Gasteiger charge is -2.15.